The van der Waals surface area contributed by atoms with Crippen molar-refractivity contribution >= 4 is 201 Å². The summed E-state index contributed by atoms with van der Waals surface area (Å²) in [6.45, 7) is 21.2. The van der Waals surface area contributed by atoms with Crippen LogP contribution in [0.15, 0.2) is 461 Å². The predicted molar refractivity (Wildman–Crippen MR) is 597 cm³/mol. The highest BCUT2D eigenvalue weighted by molar-refractivity contribution is 7.27. The maximum Gasteiger partial charge on any atom is 0.0488 e. The molecule has 7 aromatic heterocycles. The molecule has 0 atom stereocenters. The maximum atomic E-state index is 2.27. The zero-order valence-electron chi connectivity index (χ0n) is 77.8. The Hall–Kier alpha value is -14.1. The number of rotatable bonds is 0. The Labute approximate surface area is 803 Å². The maximum absolute atomic E-state index is 2.27. The normalized spacial score (nSPS) is 10.6. The van der Waals surface area contributed by atoms with Crippen molar-refractivity contribution in [2.75, 3.05) is 0 Å². The average Bonchev–Trinajstić information content (AvgIpc) is 1.62. The SMILES string of the molecule is Cc1ccc2c(c1)sc1ccccc12.Cc1ccc2sc3ccccc3c2c1.Cc1cccc2c1sc1ccccc12.Cc1cccc2sc3ccccc3c12.Cc1cccc2sc3ccccc3c12.Cc1ccccc1.Cc1ccccc1.Cc1ccccc1.Cc1ccccc1.Cc1ccccc1.Cn1c2ccccc2c2ccccc21.Cn1c2ccccc2c2ccccc21. The first kappa shape index (κ1) is 93.6. The molecule has 0 aliphatic rings. The molecule has 0 unspecified atom stereocenters. The fraction of sp³-hybridized carbons (Fsp3) is 0.0952. The summed E-state index contributed by atoms with van der Waals surface area (Å²) in [6, 6.07) is 161. The summed E-state index contributed by atoms with van der Waals surface area (Å²) in [5, 5.41) is 19.3. The Morgan fingerprint density at radius 3 is 0.737 bits per heavy atom. The molecule has 0 radical (unpaired) electrons. The number of para-hydroxylation sites is 4. The summed E-state index contributed by atoms with van der Waals surface area (Å²) in [4.78, 5) is 0. The van der Waals surface area contributed by atoms with E-state index in [2.05, 4.69) is 463 Å². The highest BCUT2D eigenvalue weighted by atomic mass is 32.1. The van der Waals surface area contributed by atoms with Gasteiger partial charge in [-0.05, 0) is 176 Å². The van der Waals surface area contributed by atoms with Gasteiger partial charge in [-0.2, -0.15) is 0 Å². The minimum absolute atomic E-state index is 1.30. The molecule has 0 aliphatic carbocycles. The number of fused-ring (bicyclic) bond motifs is 21. The first-order valence-electron chi connectivity index (χ1n) is 45.3. The van der Waals surface area contributed by atoms with Gasteiger partial charge in [0.2, 0.25) is 0 Å². The van der Waals surface area contributed by atoms with Crippen LogP contribution in [-0.4, -0.2) is 9.13 Å². The van der Waals surface area contributed by atoms with Gasteiger partial charge in [0, 0.05) is 159 Å². The minimum Gasteiger partial charge on any atom is -0.344 e. The van der Waals surface area contributed by atoms with Crippen molar-refractivity contribution in [3.05, 3.63) is 517 Å². The Bertz CT molecular complexity index is 7610. The van der Waals surface area contributed by atoms with E-state index < -0.39 is 0 Å². The molecule has 656 valence electrons. The van der Waals surface area contributed by atoms with Crippen LogP contribution in [0.5, 0.6) is 0 Å². The van der Waals surface area contributed by atoms with Crippen LogP contribution in [0.25, 0.3) is 144 Å². The molecule has 0 N–H and O–H groups in total. The Morgan fingerprint density at radius 2 is 0.376 bits per heavy atom. The quantitative estimate of drug-likeness (QED) is 0.143. The van der Waals surface area contributed by atoms with Crippen LogP contribution in [0.2, 0.25) is 0 Å². The molecule has 26 aromatic rings. The third-order valence-corrected chi connectivity index (χ3v) is 29.1. The summed E-state index contributed by atoms with van der Waals surface area (Å²) in [6.07, 6.45) is 0. The van der Waals surface area contributed by atoms with E-state index in [1.54, 1.807) is 0 Å². The first-order chi connectivity index (χ1) is 65.0. The summed E-state index contributed by atoms with van der Waals surface area (Å²) in [7, 11) is 4.23. The lowest BCUT2D eigenvalue weighted by atomic mass is 10.1. The summed E-state index contributed by atoms with van der Waals surface area (Å²) >= 11 is 9.39. The van der Waals surface area contributed by atoms with Crippen LogP contribution in [0.1, 0.15) is 55.6 Å². The van der Waals surface area contributed by atoms with Crippen molar-refractivity contribution in [2.24, 2.45) is 14.1 Å². The van der Waals surface area contributed by atoms with E-state index in [1.165, 1.54) is 200 Å². The molecule has 0 fully saturated rings. The van der Waals surface area contributed by atoms with Gasteiger partial charge in [0.05, 0.1) is 0 Å². The smallest absolute Gasteiger partial charge is 0.0488 e. The molecular formula is C126H112N2S5. The van der Waals surface area contributed by atoms with Crippen LogP contribution < -0.4 is 0 Å². The van der Waals surface area contributed by atoms with Crippen molar-refractivity contribution < 1.29 is 0 Å². The fourth-order valence-electron chi connectivity index (χ4n) is 16.4. The van der Waals surface area contributed by atoms with Crippen LogP contribution in [0.3, 0.4) is 0 Å². The molecule has 0 saturated carbocycles. The molecule has 7 heteroatoms. The van der Waals surface area contributed by atoms with Gasteiger partial charge in [0.15, 0.2) is 0 Å². The second kappa shape index (κ2) is 46.1. The van der Waals surface area contributed by atoms with Crippen LogP contribution >= 0.6 is 56.7 Å². The molecule has 0 bridgehead atoms. The van der Waals surface area contributed by atoms with E-state index in [0.29, 0.717) is 0 Å². The molecule has 0 aliphatic heterocycles. The van der Waals surface area contributed by atoms with Gasteiger partial charge in [-0.25, -0.2) is 0 Å². The number of hydrogen-bond acceptors (Lipinski definition) is 5. The Morgan fingerprint density at radius 1 is 0.143 bits per heavy atom. The standard InChI is InChI=1S/2C13H11N.5C13H10S.5C7H8/c2*1-14-12-8-4-2-6-10(12)11-7-3-5-9-13(11)14;1-9-5-4-7-11-10-6-2-3-8-12(10)14-13(9)11;2*1-9-5-4-8-12-13(9)10-6-2-3-7-11(10)14-12;1-9-6-7-13-11(8-9)10-4-2-3-5-12(10)14-13;1-9-6-7-11-10-4-2-3-5-12(10)14-13(11)8-9;5*1-7-5-3-2-4-6-7/h2*2-9H,1H3;5*2-8H,1H3;5*2-6H,1H3. The van der Waals surface area contributed by atoms with E-state index in [-0.39, 0.29) is 0 Å². The molecule has 133 heavy (non-hydrogen) atoms. The van der Waals surface area contributed by atoms with Crippen LogP contribution in [-0.2, 0) is 14.1 Å². The predicted octanol–water partition coefficient (Wildman–Crippen LogP) is 38.5. The fourth-order valence-corrected chi connectivity index (χ4v) is 22.2. The first-order valence-corrected chi connectivity index (χ1v) is 49.4. The van der Waals surface area contributed by atoms with Gasteiger partial charge in [0.25, 0.3) is 0 Å². The van der Waals surface area contributed by atoms with Crippen molar-refractivity contribution in [1.29, 1.82) is 0 Å². The van der Waals surface area contributed by atoms with Crippen LogP contribution in [0, 0.1) is 69.2 Å². The number of thiophene rings is 5. The van der Waals surface area contributed by atoms with Gasteiger partial charge in [-0.3, -0.25) is 0 Å². The van der Waals surface area contributed by atoms with E-state index >= 15 is 0 Å². The molecule has 19 aromatic carbocycles. The Balaban J connectivity index is 0.000000112. The second-order valence-electron chi connectivity index (χ2n) is 33.3. The minimum atomic E-state index is 1.30. The number of benzene rings is 19. The van der Waals surface area contributed by atoms with E-state index in [1.807, 2.05) is 148 Å². The zero-order chi connectivity index (χ0) is 92.4. The lowest BCUT2D eigenvalue weighted by Gasteiger charge is -1.95. The van der Waals surface area contributed by atoms with E-state index in [4.69, 9.17) is 0 Å². The highest BCUT2D eigenvalue weighted by Gasteiger charge is 2.12. The molecular weight excluding hydrogens is 1700 g/mol. The van der Waals surface area contributed by atoms with Gasteiger partial charge < -0.3 is 9.13 Å². The summed E-state index contributed by atoms with van der Waals surface area (Å²) in [5.41, 5.74) is 18.6. The van der Waals surface area contributed by atoms with Crippen molar-refractivity contribution in [2.45, 2.75) is 69.2 Å². The van der Waals surface area contributed by atoms with Crippen molar-refractivity contribution in [1.82, 2.24) is 9.13 Å². The average molecular weight is 1810 g/mol. The van der Waals surface area contributed by atoms with Crippen LogP contribution in [0.4, 0.5) is 0 Å². The van der Waals surface area contributed by atoms with Gasteiger partial charge in [0.1, 0.15) is 0 Å². The zero-order valence-corrected chi connectivity index (χ0v) is 81.9. The van der Waals surface area contributed by atoms with E-state index in [9.17, 15) is 0 Å². The third kappa shape index (κ3) is 24.0. The molecule has 0 spiro atoms. The van der Waals surface area contributed by atoms with Gasteiger partial charge >= 0.3 is 0 Å². The van der Waals surface area contributed by atoms with E-state index in [0.717, 1.165) is 0 Å². The van der Waals surface area contributed by atoms with Crippen molar-refractivity contribution in [3.63, 3.8) is 0 Å². The molecule has 2 nitrogen and oxygen atoms in total. The summed E-state index contributed by atoms with van der Waals surface area (Å²) in [5.74, 6) is 0. The topological polar surface area (TPSA) is 9.86 Å². The molecule has 0 saturated heterocycles. The largest absolute Gasteiger partial charge is 0.344 e. The molecule has 26 rings (SSSR count). The number of hydrogen-bond donors (Lipinski definition) is 0. The Kier molecular flexibility index (Phi) is 32.4. The molecule has 7 heterocycles. The lowest BCUT2D eigenvalue weighted by Crippen LogP contribution is -1.84. The number of aromatic nitrogens is 2. The van der Waals surface area contributed by atoms with Gasteiger partial charge in [-0.15, -0.1) is 56.7 Å². The summed E-state index contributed by atoms with van der Waals surface area (Å²) < 4.78 is 18.4. The van der Waals surface area contributed by atoms with Gasteiger partial charge in [-0.1, -0.05) is 409 Å². The highest BCUT2D eigenvalue weighted by Crippen LogP contribution is 2.40. The molecule has 0 amide bonds. The van der Waals surface area contributed by atoms with Crippen molar-refractivity contribution in [3.8, 4) is 0 Å². The second-order valence-corrected chi connectivity index (χ2v) is 38.7. The monoisotopic (exact) mass is 1810 g/mol. The third-order valence-electron chi connectivity index (χ3n) is 23.2. The lowest BCUT2D eigenvalue weighted by molar-refractivity contribution is 1.01. The number of aryl methyl sites for hydroxylation is 12. The number of nitrogens with zero attached hydrogens (tertiary/aromatic N) is 2.